The minimum absolute atomic E-state index is 0.153. The van der Waals surface area contributed by atoms with Crippen molar-refractivity contribution in [2.45, 2.75) is 50.3 Å². The average molecular weight is 268 g/mol. The lowest BCUT2D eigenvalue weighted by atomic mass is 10.2. The van der Waals surface area contributed by atoms with Gasteiger partial charge in [0, 0.05) is 17.7 Å². The van der Waals surface area contributed by atoms with Gasteiger partial charge >= 0.3 is 0 Å². The third kappa shape index (κ3) is 3.04. The van der Waals surface area contributed by atoms with Crippen molar-refractivity contribution in [3.8, 4) is 0 Å². The summed E-state index contributed by atoms with van der Waals surface area (Å²) in [6.45, 7) is 2.07. The van der Waals surface area contributed by atoms with Gasteiger partial charge in [-0.15, -0.1) is 5.10 Å². The van der Waals surface area contributed by atoms with E-state index < -0.39 is 0 Å². The fourth-order valence-corrected chi connectivity index (χ4v) is 3.29. The molecule has 1 amide bonds. The molecule has 2 N–H and O–H groups in total. The van der Waals surface area contributed by atoms with Crippen LogP contribution in [0.15, 0.2) is 0 Å². The number of nitrogens with one attached hydrogen (secondary N) is 2. The molecule has 0 spiro atoms. The number of aromatic nitrogens is 3. The SMILES string of the molecule is CCCc1nc(C(=O)NC2CCCC2SC)n[nH]1. The number of aromatic amines is 1. The van der Waals surface area contributed by atoms with Gasteiger partial charge in [-0.05, 0) is 25.5 Å². The number of carbonyl (C=O) groups is 1. The first-order valence-corrected chi connectivity index (χ1v) is 7.78. The van der Waals surface area contributed by atoms with Crippen LogP contribution in [0.1, 0.15) is 49.1 Å². The number of H-pyrrole nitrogens is 1. The molecule has 5 nitrogen and oxygen atoms in total. The number of rotatable bonds is 5. The zero-order valence-electron chi connectivity index (χ0n) is 10.9. The van der Waals surface area contributed by atoms with Crippen LogP contribution in [-0.4, -0.2) is 38.6 Å². The Kier molecular flexibility index (Phi) is 4.63. The molecule has 2 unspecified atom stereocenters. The van der Waals surface area contributed by atoms with E-state index in [1.54, 1.807) is 0 Å². The Balaban J connectivity index is 1.94. The summed E-state index contributed by atoms with van der Waals surface area (Å²) in [6, 6.07) is 0.264. The van der Waals surface area contributed by atoms with Crippen LogP contribution in [0.25, 0.3) is 0 Å². The van der Waals surface area contributed by atoms with Crippen molar-refractivity contribution in [3.05, 3.63) is 11.6 Å². The summed E-state index contributed by atoms with van der Waals surface area (Å²) < 4.78 is 0. The maximum absolute atomic E-state index is 12.0. The fraction of sp³-hybridized carbons (Fsp3) is 0.750. The van der Waals surface area contributed by atoms with Crippen molar-refractivity contribution in [3.63, 3.8) is 0 Å². The molecule has 1 aromatic heterocycles. The van der Waals surface area contributed by atoms with E-state index in [-0.39, 0.29) is 17.8 Å². The monoisotopic (exact) mass is 268 g/mol. The molecule has 0 aromatic carbocycles. The van der Waals surface area contributed by atoms with E-state index in [9.17, 15) is 4.79 Å². The Morgan fingerprint density at radius 2 is 2.39 bits per heavy atom. The average Bonchev–Trinajstić information content (AvgIpc) is 2.98. The lowest BCUT2D eigenvalue weighted by Crippen LogP contribution is -2.39. The summed E-state index contributed by atoms with van der Waals surface area (Å²) in [7, 11) is 0. The van der Waals surface area contributed by atoms with E-state index in [4.69, 9.17) is 0 Å². The quantitative estimate of drug-likeness (QED) is 0.854. The molecule has 0 aliphatic heterocycles. The number of hydrogen-bond donors (Lipinski definition) is 2. The van der Waals surface area contributed by atoms with Gasteiger partial charge in [-0.25, -0.2) is 4.98 Å². The molecule has 100 valence electrons. The molecular weight excluding hydrogens is 248 g/mol. The normalized spacial score (nSPS) is 23.2. The van der Waals surface area contributed by atoms with Gasteiger partial charge in [0.1, 0.15) is 5.82 Å². The van der Waals surface area contributed by atoms with Crippen molar-refractivity contribution in [1.29, 1.82) is 0 Å². The van der Waals surface area contributed by atoms with Gasteiger partial charge in [0.05, 0.1) is 0 Å². The molecule has 1 fully saturated rings. The van der Waals surface area contributed by atoms with Crippen LogP contribution in [0, 0.1) is 0 Å². The van der Waals surface area contributed by atoms with Crippen molar-refractivity contribution >= 4 is 17.7 Å². The Morgan fingerprint density at radius 1 is 1.56 bits per heavy atom. The number of amides is 1. The van der Waals surface area contributed by atoms with Gasteiger partial charge < -0.3 is 5.32 Å². The van der Waals surface area contributed by atoms with Crippen LogP contribution in [0.4, 0.5) is 0 Å². The molecule has 1 saturated carbocycles. The zero-order chi connectivity index (χ0) is 13.0. The molecule has 1 heterocycles. The summed E-state index contributed by atoms with van der Waals surface area (Å²) >= 11 is 1.83. The van der Waals surface area contributed by atoms with Crippen molar-refractivity contribution in [2.75, 3.05) is 6.26 Å². The van der Waals surface area contributed by atoms with E-state index in [1.165, 1.54) is 12.8 Å². The lowest BCUT2D eigenvalue weighted by molar-refractivity contribution is 0.0928. The fourth-order valence-electron chi connectivity index (χ4n) is 2.35. The van der Waals surface area contributed by atoms with Crippen LogP contribution in [0.2, 0.25) is 0 Å². The molecule has 2 rings (SSSR count). The van der Waals surface area contributed by atoms with Crippen LogP contribution in [0.3, 0.4) is 0 Å². The van der Waals surface area contributed by atoms with Gasteiger partial charge in [-0.2, -0.15) is 11.8 Å². The first-order valence-electron chi connectivity index (χ1n) is 6.49. The minimum atomic E-state index is -0.153. The summed E-state index contributed by atoms with van der Waals surface area (Å²) in [5.41, 5.74) is 0. The Bertz CT molecular complexity index is 407. The molecule has 18 heavy (non-hydrogen) atoms. The number of nitrogens with zero attached hydrogens (tertiary/aromatic N) is 2. The number of hydrogen-bond acceptors (Lipinski definition) is 4. The summed E-state index contributed by atoms with van der Waals surface area (Å²) in [4.78, 5) is 16.2. The standard InChI is InChI=1S/C12H20N4OS/c1-3-5-10-14-11(16-15-10)12(17)13-8-6-4-7-9(8)18-2/h8-9H,3-7H2,1-2H3,(H,13,17)(H,14,15,16). The van der Waals surface area contributed by atoms with Gasteiger partial charge in [0.2, 0.25) is 5.82 Å². The maximum atomic E-state index is 12.0. The highest BCUT2D eigenvalue weighted by Crippen LogP contribution is 2.28. The van der Waals surface area contributed by atoms with E-state index in [2.05, 4.69) is 33.7 Å². The zero-order valence-corrected chi connectivity index (χ0v) is 11.7. The second-order valence-electron chi connectivity index (χ2n) is 4.64. The van der Waals surface area contributed by atoms with E-state index in [1.807, 2.05) is 11.8 Å². The molecule has 6 heteroatoms. The van der Waals surface area contributed by atoms with Gasteiger partial charge in [-0.1, -0.05) is 13.3 Å². The highest BCUT2D eigenvalue weighted by atomic mass is 32.2. The predicted molar refractivity (Wildman–Crippen MR) is 72.8 cm³/mol. The molecular formula is C12H20N4OS. The maximum Gasteiger partial charge on any atom is 0.291 e. The second kappa shape index (κ2) is 6.22. The predicted octanol–water partition coefficient (Wildman–Crippen LogP) is 1.77. The third-order valence-electron chi connectivity index (χ3n) is 3.29. The van der Waals surface area contributed by atoms with Crippen molar-refractivity contribution in [2.24, 2.45) is 0 Å². The van der Waals surface area contributed by atoms with Crippen LogP contribution >= 0.6 is 11.8 Å². The molecule has 1 aliphatic carbocycles. The molecule has 0 radical (unpaired) electrons. The smallest absolute Gasteiger partial charge is 0.291 e. The summed E-state index contributed by atoms with van der Waals surface area (Å²) in [6.07, 6.45) is 7.35. The third-order valence-corrected chi connectivity index (χ3v) is 4.46. The minimum Gasteiger partial charge on any atom is -0.345 e. The highest BCUT2D eigenvalue weighted by molar-refractivity contribution is 7.99. The molecule has 2 atom stereocenters. The number of aryl methyl sites for hydroxylation is 1. The molecule has 0 bridgehead atoms. The Hall–Kier alpha value is -1.04. The summed E-state index contributed by atoms with van der Waals surface area (Å²) in [5.74, 6) is 0.903. The van der Waals surface area contributed by atoms with Gasteiger partial charge in [0.15, 0.2) is 0 Å². The molecule has 1 aliphatic rings. The first kappa shape index (κ1) is 13.4. The van der Waals surface area contributed by atoms with E-state index in [0.717, 1.165) is 25.1 Å². The molecule has 0 saturated heterocycles. The lowest BCUT2D eigenvalue weighted by Gasteiger charge is -2.17. The van der Waals surface area contributed by atoms with Gasteiger partial charge in [0.25, 0.3) is 5.91 Å². The van der Waals surface area contributed by atoms with Crippen LogP contribution in [0.5, 0.6) is 0 Å². The Labute approximate surface area is 112 Å². The van der Waals surface area contributed by atoms with Gasteiger partial charge in [-0.3, -0.25) is 9.89 Å². The second-order valence-corrected chi connectivity index (χ2v) is 5.72. The Morgan fingerprint density at radius 3 is 3.11 bits per heavy atom. The summed E-state index contributed by atoms with van der Waals surface area (Å²) in [5, 5.41) is 10.4. The van der Waals surface area contributed by atoms with Crippen molar-refractivity contribution < 1.29 is 4.79 Å². The largest absolute Gasteiger partial charge is 0.345 e. The number of thioether (sulfide) groups is 1. The van der Waals surface area contributed by atoms with Crippen LogP contribution in [-0.2, 0) is 6.42 Å². The topological polar surface area (TPSA) is 70.7 Å². The first-order chi connectivity index (χ1) is 8.74. The molecule has 1 aromatic rings. The van der Waals surface area contributed by atoms with Crippen molar-refractivity contribution in [1.82, 2.24) is 20.5 Å². The highest BCUT2D eigenvalue weighted by Gasteiger charge is 2.28. The number of carbonyl (C=O) groups excluding carboxylic acids is 1. The van der Waals surface area contributed by atoms with Crippen LogP contribution < -0.4 is 5.32 Å². The van der Waals surface area contributed by atoms with E-state index >= 15 is 0 Å². The van der Waals surface area contributed by atoms with E-state index in [0.29, 0.717) is 5.25 Å².